The summed E-state index contributed by atoms with van der Waals surface area (Å²) in [5.74, 6) is -0.0644. The molecule has 5 nitrogen and oxygen atoms in total. The Labute approximate surface area is 100 Å². The van der Waals surface area contributed by atoms with Crippen molar-refractivity contribution >= 4 is 21.8 Å². The van der Waals surface area contributed by atoms with Crippen molar-refractivity contribution < 1.29 is 4.79 Å². The highest BCUT2D eigenvalue weighted by molar-refractivity contribution is 9.10. The topological polar surface area (TPSA) is 73.8 Å². The van der Waals surface area contributed by atoms with E-state index in [-0.39, 0.29) is 0 Å². The zero-order chi connectivity index (χ0) is 11.7. The quantitative estimate of drug-likeness (QED) is 0.905. The van der Waals surface area contributed by atoms with Crippen LogP contribution in [0.5, 0.6) is 0 Å². The van der Waals surface area contributed by atoms with Gasteiger partial charge >= 0.3 is 0 Å². The Morgan fingerprint density at radius 1 is 1.56 bits per heavy atom. The summed E-state index contributed by atoms with van der Waals surface area (Å²) in [7, 11) is 0. The van der Waals surface area contributed by atoms with Gasteiger partial charge in [-0.2, -0.15) is 5.10 Å². The first kappa shape index (κ1) is 10.8. The van der Waals surface area contributed by atoms with Gasteiger partial charge in [0.2, 0.25) is 0 Å². The molecule has 0 saturated carbocycles. The molecule has 16 heavy (non-hydrogen) atoms. The molecule has 82 valence electrons. The first-order valence-electron chi connectivity index (χ1n) is 4.55. The number of amides is 1. The molecule has 2 rings (SSSR count). The van der Waals surface area contributed by atoms with Crippen LogP contribution in [0.3, 0.4) is 0 Å². The van der Waals surface area contributed by atoms with E-state index in [0.29, 0.717) is 11.4 Å². The predicted octanol–water partition coefficient (Wildman–Crippen LogP) is 1.44. The van der Waals surface area contributed by atoms with Crippen molar-refractivity contribution in [2.75, 3.05) is 0 Å². The zero-order valence-electron chi connectivity index (χ0n) is 8.51. The number of aromatic nitrogens is 3. The van der Waals surface area contributed by atoms with E-state index in [9.17, 15) is 4.79 Å². The van der Waals surface area contributed by atoms with Gasteiger partial charge in [-0.15, -0.1) is 0 Å². The molecule has 0 spiro atoms. The second kappa shape index (κ2) is 4.05. The average molecular weight is 281 g/mol. The van der Waals surface area contributed by atoms with Crippen molar-refractivity contribution in [2.45, 2.75) is 6.92 Å². The largest absolute Gasteiger partial charge is 0.365 e. The van der Waals surface area contributed by atoms with E-state index in [4.69, 9.17) is 5.73 Å². The molecule has 2 aromatic heterocycles. The van der Waals surface area contributed by atoms with Crippen LogP contribution in [0.15, 0.2) is 29.1 Å². The molecule has 0 aliphatic rings. The SMILES string of the molecule is Cc1ccnc(-n2cc(Br)cn2)c1C(N)=O. The second-order valence-corrected chi connectivity index (χ2v) is 4.21. The van der Waals surface area contributed by atoms with Gasteiger partial charge in [-0.1, -0.05) is 0 Å². The van der Waals surface area contributed by atoms with Crippen LogP contribution in [0.1, 0.15) is 15.9 Å². The van der Waals surface area contributed by atoms with E-state index in [2.05, 4.69) is 26.0 Å². The van der Waals surface area contributed by atoms with Gasteiger partial charge in [-0.05, 0) is 34.5 Å². The maximum absolute atomic E-state index is 11.4. The van der Waals surface area contributed by atoms with Crippen LogP contribution in [-0.4, -0.2) is 20.7 Å². The fourth-order valence-electron chi connectivity index (χ4n) is 1.44. The Morgan fingerprint density at radius 3 is 2.88 bits per heavy atom. The van der Waals surface area contributed by atoms with Crippen LogP contribution >= 0.6 is 15.9 Å². The number of aryl methyl sites for hydroxylation is 1. The Hall–Kier alpha value is -1.69. The maximum Gasteiger partial charge on any atom is 0.252 e. The summed E-state index contributed by atoms with van der Waals surface area (Å²) in [5.41, 5.74) is 6.50. The number of hydrogen-bond donors (Lipinski definition) is 1. The van der Waals surface area contributed by atoms with Gasteiger partial charge < -0.3 is 5.73 Å². The minimum Gasteiger partial charge on any atom is -0.365 e. The molecular weight excluding hydrogens is 272 g/mol. The van der Waals surface area contributed by atoms with Crippen molar-refractivity contribution in [2.24, 2.45) is 5.73 Å². The minimum absolute atomic E-state index is 0.387. The predicted molar refractivity (Wildman–Crippen MR) is 62.3 cm³/mol. The van der Waals surface area contributed by atoms with Crippen molar-refractivity contribution in [1.29, 1.82) is 0 Å². The number of halogens is 1. The monoisotopic (exact) mass is 280 g/mol. The van der Waals surface area contributed by atoms with Crippen LogP contribution in [0.25, 0.3) is 5.82 Å². The number of nitrogens with zero attached hydrogens (tertiary/aromatic N) is 3. The van der Waals surface area contributed by atoms with Crippen LogP contribution < -0.4 is 5.73 Å². The molecule has 0 unspecified atom stereocenters. The minimum atomic E-state index is -0.507. The standard InChI is InChI=1S/C10H9BrN4O/c1-6-2-3-13-10(8(6)9(12)16)15-5-7(11)4-14-15/h2-5H,1H3,(H2,12,16). The van der Waals surface area contributed by atoms with Crippen LogP contribution in [-0.2, 0) is 0 Å². The van der Waals surface area contributed by atoms with Crippen molar-refractivity contribution in [3.8, 4) is 5.82 Å². The highest BCUT2D eigenvalue weighted by Crippen LogP contribution is 2.16. The fraction of sp³-hybridized carbons (Fsp3) is 0.100. The van der Waals surface area contributed by atoms with Crippen molar-refractivity contribution in [3.05, 3.63) is 40.3 Å². The molecule has 2 N–H and O–H groups in total. The summed E-state index contributed by atoms with van der Waals surface area (Å²) in [6.07, 6.45) is 4.95. The molecule has 0 bridgehead atoms. The van der Waals surface area contributed by atoms with Crippen LogP contribution in [0.2, 0.25) is 0 Å². The van der Waals surface area contributed by atoms with Gasteiger partial charge in [0.15, 0.2) is 5.82 Å². The Morgan fingerprint density at radius 2 is 2.31 bits per heavy atom. The molecule has 2 heterocycles. The van der Waals surface area contributed by atoms with Crippen molar-refractivity contribution in [1.82, 2.24) is 14.8 Å². The van der Waals surface area contributed by atoms with Gasteiger partial charge in [0.25, 0.3) is 5.91 Å². The number of carbonyl (C=O) groups excluding carboxylic acids is 1. The van der Waals surface area contributed by atoms with E-state index < -0.39 is 5.91 Å². The molecule has 0 fully saturated rings. The van der Waals surface area contributed by atoms with E-state index in [1.807, 2.05) is 6.92 Å². The van der Waals surface area contributed by atoms with E-state index in [1.165, 1.54) is 4.68 Å². The number of carbonyl (C=O) groups is 1. The first-order valence-corrected chi connectivity index (χ1v) is 5.35. The molecular formula is C10H9BrN4O. The Kier molecular flexibility index (Phi) is 2.74. The van der Waals surface area contributed by atoms with Crippen LogP contribution in [0, 0.1) is 6.92 Å². The van der Waals surface area contributed by atoms with Gasteiger partial charge in [0, 0.05) is 12.4 Å². The number of pyridine rings is 1. The number of nitrogens with two attached hydrogens (primary N) is 1. The number of primary amides is 1. The van der Waals surface area contributed by atoms with E-state index >= 15 is 0 Å². The lowest BCUT2D eigenvalue weighted by Crippen LogP contribution is -2.17. The highest BCUT2D eigenvalue weighted by atomic mass is 79.9. The molecule has 1 amide bonds. The van der Waals surface area contributed by atoms with Crippen molar-refractivity contribution in [3.63, 3.8) is 0 Å². The molecule has 0 radical (unpaired) electrons. The first-order chi connectivity index (χ1) is 7.59. The summed E-state index contributed by atoms with van der Waals surface area (Å²) >= 11 is 3.28. The van der Waals surface area contributed by atoms with Gasteiger partial charge in [-0.3, -0.25) is 4.79 Å². The summed E-state index contributed by atoms with van der Waals surface area (Å²) in [5, 5.41) is 4.07. The lowest BCUT2D eigenvalue weighted by molar-refractivity contribution is 0.0999. The molecule has 0 saturated heterocycles. The highest BCUT2D eigenvalue weighted by Gasteiger charge is 2.14. The summed E-state index contributed by atoms with van der Waals surface area (Å²) in [6, 6.07) is 1.74. The number of hydrogen-bond acceptors (Lipinski definition) is 3. The Balaban J connectivity index is 2.65. The third-order valence-electron chi connectivity index (χ3n) is 2.15. The Bertz CT molecular complexity index is 550. The maximum atomic E-state index is 11.4. The lowest BCUT2D eigenvalue weighted by Gasteiger charge is -2.07. The van der Waals surface area contributed by atoms with Gasteiger partial charge in [-0.25, -0.2) is 9.67 Å². The summed E-state index contributed by atoms with van der Waals surface area (Å²) in [4.78, 5) is 15.5. The number of rotatable bonds is 2. The normalized spacial score (nSPS) is 10.4. The molecule has 0 aliphatic carbocycles. The fourth-order valence-corrected chi connectivity index (χ4v) is 1.72. The van der Waals surface area contributed by atoms with E-state index in [0.717, 1.165) is 10.0 Å². The second-order valence-electron chi connectivity index (χ2n) is 3.29. The van der Waals surface area contributed by atoms with E-state index in [1.54, 1.807) is 24.7 Å². The van der Waals surface area contributed by atoms with Gasteiger partial charge in [0.1, 0.15) is 0 Å². The molecule has 0 aliphatic heterocycles. The third-order valence-corrected chi connectivity index (χ3v) is 2.56. The third kappa shape index (κ3) is 1.83. The molecule has 0 aromatic carbocycles. The molecule has 2 aromatic rings. The zero-order valence-corrected chi connectivity index (χ0v) is 10.1. The molecule has 6 heteroatoms. The molecule has 0 atom stereocenters. The lowest BCUT2D eigenvalue weighted by atomic mass is 10.1. The average Bonchev–Trinajstić information content (AvgIpc) is 2.63. The summed E-state index contributed by atoms with van der Waals surface area (Å²) in [6.45, 7) is 1.81. The van der Waals surface area contributed by atoms with Gasteiger partial charge in [0.05, 0.1) is 16.2 Å². The van der Waals surface area contributed by atoms with Crippen LogP contribution in [0.4, 0.5) is 0 Å². The smallest absolute Gasteiger partial charge is 0.252 e. The summed E-state index contributed by atoms with van der Waals surface area (Å²) < 4.78 is 2.32.